The minimum atomic E-state index is -0.125. The molecule has 0 fully saturated rings. The van der Waals surface area contributed by atoms with Gasteiger partial charge in [0.15, 0.2) is 5.82 Å². The molecule has 1 atom stereocenters. The van der Waals surface area contributed by atoms with E-state index in [1.165, 1.54) is 0 Å². The van der Waals surface area contributed by atoms with Crippen molar-refractivity contribution in [3.05, 3.63) is 41.5 Å². The Morgan fingerprint density at radius 1 is 1.42 bits per heavy atom. The first-order chi connectivity index (χ1) is 9.22. The minimum absolute atomic E-state index is 0.125. The lowest BCUT2D eigenvalue weighted by molar-refractivity contribution is 0.365. The number of hydrogen-bond donors (Lipinski definition) is 0. The Morgan fingerprint density at radius 2 is 2.21 bits per heavy atom. The van der Waals surface area contributed by atoms with Gasteiger partial charge in [-0.05, 0) is 13.0 Å². The van der Waals surface area contributed by atoms with Gasteiger partial charge in [0.05, 0.1) is 19.1 Å². The van der Waals surface area contributed by atoms with Crippen LogP contribution in [-0.4, -0.2) is 17.3 Å². The smallest absolute Gasteiger partial charge is 0.227 e. The summed E-state index contributed by atoms with van der Waals surface area (Å²) in [5, 5.41) is 12.7. The van der Waals surface area contributed by atoms with E-state index in [2.05, 4.69) is 16.2 Å². The maximum absolute atomic E-state index is 8.75. The summed E-state index contributed by atoms with van der Waals surface area (Å²) in [6.07, 6.45) is 1.03. The second-order valence-electron chi connectivity index (χ2n) is 4.33. The highest BCUT2D eigenvalue weighted by Gasteiger charge is 2.12. The van der Waals surface area contributed by atoms with Gasteiger partial charge in [-0.3, -0.25) is 0 Å². The molecule has 0 aliphatic heterocycles. The normalized spacial score (nSPS) is 11.8. The first-order valence-electron chi connectivity index (χ1n) is 6.06. The van der Waals surface area contributed by atoms with Crippen LogP contribution in [-0.2, 0) is 12.8 Å². The second-order valence-corrected chi connectivity index (χ2v) is 4.33. The zero-order chi connectivity index (χ0) is 13.7. The van der Waals surface area contributed by atoms with Gasteiger partial charge in [-0.15, -0.1) is 0 Å². The van der Waals surface area contributed by atoms with Gasteiger partial charge in [-0.2, -0.15) is 10.2 Å². The van der Waals surface area contributed by atoms with Crippen LogP contribution in [0.2, 0.25) is 0 Å². The fraction of sp³-hybridized carbons (Fsp3) is 0.357. The summed E-state index contributed by atoms with van der Waals surface area (Å²) >= 11 is 0. The van der Waals surface area contributed by atoms with Crippen molar-refractivity contribution in [3.63, 3.8) is 0 Å². The van der Waals surface area contributed by atoms with Crippen molar-refractivity contribution in [3.8, 4) is 11.8 Å². The number of hydrogen-bond acceptors (Lipinski definition) is 5. The van der Waals surface area contributed by atoms with E-state index in [4.69, 9.17) is 14.5 Å². The summed E-state index contributed by atoms with van der Waals surface area (Å²) in [5.74, 6) is 1.78. The third-order valence-electron chi connectivity index (χ3n) is 2.75. The van der Waals surface area contributed by atoms with Crippen LogP contribution >= 0.6 is 0 Å². The van der Waals surface area contributed by atoms with Gasteiger partial charge >= 0.3 is 0 Å². The number of benzene rings is 1. The van der Waals surface area contributed by atoms with Crippen LogP contribution in [0.1, 0.15) is 24.2 Å². The fourth-order valence-corrected chi connectivity index (χ4v) is 1.77. The highest BCUT2D eigenvalue weighted by molar-refractivity contribution is 5.35. The zero-order valence-electron chi connectivity index (χ0n) is 11.0. The molecule has 1 aromatic heterocycles. The van der Waals surface area contributed by atoms with E-state index in [0.29, 0.717) is 24.6 Å². The van der Waals surface area contributed by atoms with E-state index in [1.807, 2.05) is 31.2 Å². The monoisotopic (exact) mass is 257 g/mol. The molecular weight excluding hydrogens is 242 g/mol. The molecule has 5 heteroatoms. The molecule has 0 aliphatic rings. The van der Waals surface area contributed by atoms with Crippen LogP contribution < -0.4 is 4.74 Å². The van der Waals surface area contributed by atoms with Crippen LogP contribution in [0.3, 0.4) is 0 Å². The van der Waals surface area contributed by atoms with E-state index < -0.39 is 0 Å². The predicted molar refractivity (Wildman–Crippen MR) is 68.6 cm³/mol. The summed E-state index contributed by atoms with van der Waals surface area (Å²) in [6, 6.07) is 9.86. The molecule has 0 radical (unpaired) electrons. The SMILES string of the molecule is COc1ccccc1Cc1noc(CC(C)C#N)n1. The Morgan fingerprint density at radius 3 is 2.95 bits per heavy atom. The lowest BCUT2D eigenvalue weighted by Crippen LogP contribution is -1.98. The molecule has 19 heavy (non-hydrogen) atoms. The molecular formula is C14H15N3O2. The number of aromatic nitrogens is 2. The van der Waals surface area contributed by atoms with Crippen molar-refractivity contribution in [2.45, 2.75) is 19.8 Å². The highest BCUT2D eigenvalue weighted by Crippen LogP contribution is 2.20. The number of methoxy groups -OCH3 is 1. The van der Waals surface area contributed by atoms with Crippen LogP contribution in [0.5, 0.6) is 5.75 Å². The van der Waals surface area contributed by atoms with Crippen molar-refractivity contribution in [2.24, 2.45) is 5.92 Å². The Balaban J connectivity index is 2.10. The molecule has 2 rings (SSSR count). The number of rotatable bonds is 5. The summed E-state index contributed by atoms with van der Waals surface area (Å²) in [6.45, 7) is 1.82. The first-order valence-corrected chi connectivity index (χ1v) is 6.06. The molecule has 0 saturated carbocycles. The van der Waals surface area contributed by atoms with Crippen LogP contribution in [0, 0.1) is 17.2 Å². The van der Waals surface area contributed by atoms with Gasteiger partial charge in [-0.25, -0.2) is 0 Å². The lowest BCUT2D eigenvalue weighted by Gasteiger charge is -2.05. The average molecular weight is 257 g/mol. The number of ether oxygens (including phenoxy) is 1. The molecule has 0 aliphatic carbocycles. The Bertz CT molecular complexity index is 586. The minimum Gasteiger partial charge on any atom is -0.496 e. The summed E-state index contributed by atoms with van der Waals surface area (Å²) < 4.78 is 10.4. The Labute approximate surface area is 111 Å². The molecule has 0 N–H and O–H groups in total. The number of nitriles is 1. The van der Waals surface area contributed by atoms with Crippen LogP contribution in [0.25, 0.3) is 0 Å². The Kier molecular flexibility index (Phi) is 4.14. The maximum Gasteiger partial charge on any atom is 0.227 e. The molecule has 0 bridgehead atoms. The van der Waals surface area contributed by atoms with Crippen molar-refractivity contribution < 1.29 is 9.26 Å². The van der Waals surface area contributed by atoms with Gasteiger partial charge in [0, 0.05) is 18.4 Å². The van der Waals surface area contributed by atoms with Crippen LogP contribution in [0.15, 0.2) is 28.8 Å². The summed E-state index contributed by atoms with van der Waals surface area (Å²) in [4.78, 5) is 4.28. The van der Waals surface area contributed by atoms with E-state index in [1.54, 1.807) is 7.11 Å². The topological polar surface area (TPSA) is 71.9 Å². The molecule has 1 aromatic carbocycles. The third-order valence-corrected chi connectivity index (χ3v) is 2.75. The molecule has 1 heterocycles. The van der Waals surface area contributed by atoms with Gasteiger partial charge < -0.3 is 9.26 Å². The summed E-state index contributed by atoms with van der Waals surface area (Å²) in [5.41, 5.74) is 1.01. The van der Waals surface area contributed by atoms with E-state index in [-0.39, 0.29) is 5.92 Å². The van der Waals surface area contributed by atoms with Crippen LogP contribution in [0.4, 0.5) is 0 Å². The molecule has 0 saturated heterocycles. The average Bonchev–Trinajstić information content (AvgIpc) is 2.86. The van der Waals surface area contributed by atoms with Crippen molar-refractivity contribution in [2.75, 3.05) is 7.11 Å². The zero-order valence-corrected chi connectivity index (χ0v) is 11.0. The third kappa shape index (κ3) is 3.32. The van der Waals surface area contributed by atoms with Gasteiger partial charge in [-0.1, -0.05) is 23.4 Å². The maximum atomic E-state index is 8.75. The standard InChI is InChI=1S/C14H15N3O2/c1-10(9-15)7-14-16-13(17-19-14)8-11-5-3-4-6-12(11)18-2/h3-6,10H,7-8H2,1-2H3. The lowest BCUT2D eigenvalue weighted by atomic mass is 10.1. The molecule has 1 unspecified atom stereocenters. The second kappa shape index (κ2) is 6.01. The van der Waals surface area contributed by atoms with Gasteiger partial charge in [0.1, 0.15) is 5.75 Å². The van der Waals surface area contributed by atoms with Gasteiger partial charge in [0.2, 0.25) is 5.89 Å². The first kappa shape index (κ1) is 13.1. The highest BCUT2D eigenvalue weighted by atomic mass is 16.5. The molecule has 2 aromatic rings. The Hall–Kier alpha value is -2.35. The largest absolute Gasteiger partial charge is 0.496 e. The van der Waals surface area contributed by atoms with E-state index in [0.717, 1.165) is 11.3 Å². The van der Waals surface area contributed by atoms with Crippen molar-refractivity contribution in [1.82, 2.24) is 10.1 Å². The fourth-order valence-electron chi connectivity index (χ4n) is 1.77. The van der Waals surface area contributed by atoms with E-state index in [9.17, 15) is 0 Å². The number of para-hydroxylation sites is 1. The summed E-state index contributed by atoms with van der Waals surface area (Å²) in [7, 11) is 1.63. The van der Waals surface area contributed by atoms with Crippen molar-refractivity contribution >= 4 is 0 Å². The van der Waals surface area contributed by atoms with Gasteiger partial charge in [0.25, 0.3) is 0 Å². The molecule has 5 nitrogen and oxygen atoms in total. The molecule has 0 amide bonds. The van der Waals surface area contributed by atoms with E-state index >= 15 is 0 Å². The van der Waals surface area contributed by atoms with Crippen molar-refractivity contribution in [1.29, 1.82) is 5.26 Å². The quantitative estimate of drug-likeness (QED) is 0.822. The molecule has 98 valence electrons. The predicted octanol–water partition coefficient (Wildman–Crippen LogP) is 2.37. The molecule has 0 spiro atoms. The number of nitrogens with zero attached hydrogens (tertiary/aromatic N) is 3.